The molecule has 0 aliphatic heterocycles. The third-order valence-electron chi connectivity index (χ3n) is 4.25. The zero-order valence-corrected chi connectivity index (χ0v) is 18.1. The van der Waals surface area contributed by atoms with Crippen LogP contribution in [0.2, 0.25) is 0 Å². The fourth-order valence-electron chi connectivity index (χ4n) is 2.69. The summed E-state index contributed by atoms with van der Waals surface area (Å²) in [4.78, 5) is 0.0960. The highest BCUT2D eigenvalue weighted by molar-refractivity contribution is 7.93. The molecule has 0 saturated heterocycles. The van der Waals surface area contributed by atoms with Crippen LogP contribution in [0.1, 0.15) is 12.5 Å². The van der Waals surface area contributed by atoms with E-state index in [-0.39, 0.29) is 15.5 Å². The minimum absolute atomic E-state index is 0.0229. The van der Waals surface area contributed by atoms with Gasteiger partial charge in [0.25, 0.3) is 20.0 Å². The zero-order valence-electron chi connectivity index (χ0n) is 16.5. The summed E-state index contributed by atoms with van der Waals surface area (Å²) >= 11 is 0. The Balaban J connectivity index is 1.75. The van der Waals surface area contributed by atoms with Gasteiger partial charge >= 0.3 is 0 Å². The van der Waals surface area contributed by atoms with Gasteiger partial charge in [-0.05, 0) is 74.0 Å². The number of nitrogens with one attached hydrogen (secondary N) is 2. The number of rotatable bonds is 8. The van der Waals surface area contributed by atoms with Gasteiger partial charge in [0.1, 0.15) is 5.75 Å². The minimum Gasteiger partial charge on any atom is -0.494 e. The fraction of sp³-hybridized carbons (Fsp3) is 0.143. The molecule has 3 aromatic rings. The number of sulfonamides is 2. The Labute approximate surface area is 176 Å². The van der Waals surface area contributed by atoms with Crippen molar-refractivity contribution in [1.82, 2.24) is 0 Å². The van der Waals surface area contributed by atoms with Crippen molar-refractivity contribution in [2.24, 2.45) is 0 Å². The molecule has 0 fully saturated rings. The van der Waals surface area contributed by atoms with Gasteiger partial charge < -0.3 is 4.74 Å². The van der Waals surface area contributed by atoms with Gasteiger partial charge in [-0.2, -0.15) is 0 Å². The number of para-hydroxylation sites is 1. The summed E-state index contributed by atoms with van der Waals surface area (Å²) in [5, 5.41) is 0. The topological polar surface area (TPSA) is 102 Å². The second kappa shape index (κ2) is 8.76. The number of benzene rings is 3. The van der Waals surface area contributed by atoms with Gasteiger partial charge in [0.15, 0.2) is 0 Å². The minimum atomic E-state index is -3.82. The van der Waals surface area contributed by atoms with Crippen molar-refractivity contribution in [3.05, 3.63) is 78.4 Å². The lowest BCUT2D eigenvalue weighted by Gasteiger charge is -2.12. The molecular formula is C21H22N2O5S2. The number of anilines is 2. The van der Waals surface area contributed by atoms with E-state index in [1.807, 2.05) is 13.0 Å². The van der Waals surface area contributed by atoms with Crippen molar-refractivity contribution < 1.29 is 21.6 Å². The zero-order chi connectivity index (χ0) is 21.8. The molecule has 30 heavy (non-hydrogen) atoms. The highest BCUT2D eigenvalue weighted by Crippen LogP contribution is 2.23. The van der Waals surface area contributed by atoms with Crippen molar-refractivity contribution in [1.29, 1.82) is 0 Å². The van der Waals surface area contributed by atoms with Crippen molar-refractivity contribution in [2.75, 3.05) is 16.1 Å². The first-order valence-corrected chi connectivity index (χ1v) is 12.1. The van der Waals surface area contributed by atoms with Crippen LogP contribution in [0.15, 0.2) is 82.6 Å². The average molecular weight is 447 g/mol. The average Bonchev–Trinajstić information content (AvgIpc) is 2.70. The molecule has 3 aromatic carbocycles. The predicted octanol–water partition coefficient (Wildman–Crippen LogP) is 4.00. The van der Waals surface area contributed by atoms with E-state index in [0.29, 0.717) is 18.0 Å². The molecule has 0 saturated carbocycles. The molecule has 0 amide bonds. The molecule has 0 aromatic heterocycles. The summed E-state index contributed by atoms with van der Waals surface area (Å²) in [5.74, 6) is 0.576. The van der Waals surface area contributed by atoms with Crippen LogP contribution in [0.25, 0.3) is 0 Å². The van der Waals surface area contributed by atoms with Crippen LogP contribution in [0.3, 0.4) is 0 Å². The van der Waals surface area contributed by atoms with Crippen LogP contribution in [-0.4, -0.2) is 23.4 Å². The van der Waals surface area contributed by atoms with Crippen LogP contribution < -0.4 is 14.2 Å². The largest absolute Gasteiger partial charge is 0.494 e. The molecule has 158 valence electrons. The first-order valence-electron chi connectivity index (χ1n) is 9.15. The summed E-state index contributed by atoms with van der Waals surface area (Å²) in [6, 6.07) is 18.6. The van der Waals surface area contributed by atoms with Crippen LogP contribution in [0.4, 0.5) is 11.4 Å². The summed E-state index contributed by atoms with van der Waals surface area (Å²) < 4.78 is 60.6. The third-order valence-corrected chi connectivity index (χ3v) is 7.03. The van der Waals surface area contributed by atoms with Gasteiger partial charge in [-0.25, -0.2) is 16.8 Å². The smallest absolute Gasteiger partial charge is 0.261 e. The van der Waals surface area contributed by atoms with Crippen molar-refractivity contribution >= 4 is 31.4 Å². The van der Waals surface area contributed by atoms with E-state index in [9.17, 15) is 16.8 Å². The highest BCUT2D eigenvalue weighted by Gasteiger charge is 2.17. The Morgan fingerprint density at radius 2 is 1.27 bits per heavy atom. The van der Waals surface area contributed by atoms with Gasteiger partial charge in [0, 0.05) is 5.69 Å². The van der Waals surface area contributed by atoms with E-state index >= 15 is 0 Å². The second-order valence-corrected chi connectivity index (χ2v) is 9.82. The summed E-state index contributed by atoms with van der Waals surface area (Å²) in [6.07, 6.45) is 0. The molecule has 3 rings (SSSR count). The SMILES string of the molecule is CCOc1ccc(S(=O)(=O)Nc2ccc(S(=O)(=O)Nc3ccccc3C)cc2)cc1. The molecule has 0 heterocycles. The van der Waals surface area contributed by atoms with E-state index < -0.39 is 20.0 Å². The molecule has 9 heteroatoms. The quantitative estimate of drug-likeness (QED) is 0.545. The number of ether oxygens (including phenoxy) is 1. The molecular weight excluding hydrogens is 424 g/mol. The van der Waals surface area contributed by atoms with Crippen molar-refractivity contribution in [2.45, 2.75) is 23.6 Å². The van der Waals surface area contributed by atoms with Crippen LogP contribution >= 0.6 is 0 Å². The molecule has 0 bridgehead atoms. The van der Waals surface area contributed by atoms with E-state index in [1.165, 1.54) is 36.4 Å². The van der Waals surface area contributed by atoms with E-state index in [1.54, 1.807) is 37.3 Å². The van der Waals surface area contributed by atoms with Crippen molar-refractivity contribution in [3.63, 3.8) is 0 Å². The van der Waals surface area contributed by atoms with Crippen LogP contribution in [-0.2, 0) is 20.0 Å². The van der Waals surface area contributed by atoms with E-state index in [2.05, 4.69) is 9.44 Å². The Hall–Kier alpha value is -3.04. The van der Waals surface area contributed by atoms with Gasteiger partial charge in [0.2, 0.25) is 0 Å². The van der Waals surface area contributed by atoms with Gasteiger partial charge in [-0.3, -0.25) is 9.44 Å². The van der Waals surface area contributed by atoms with Gasteiger partial charge in [-0.15, -0.1) is 0 Å². The predicted molar refractivity (Wildman–Crippen MR) is 117 cm³/mol. The summed E-state index contributed by atoms with van der Waals surface area (Å²) in [7, 11) is -7.62. The van der Waals surface area contributed by atoms with Gasteiger partial charge in [-0.1, -0.05) is 18.2 Å². The Kier molecular flexibility index (Phi) is 6.33. The Bertz CT molecular complexity index is 1220. The lowest BCUT2D eigenvalue weighted by molar-refractivity contribution is 0.340. The molecule has 0 unspecified atom stereocenters. The molecule has 0 atom stereocenters. The van der Waals surface area contributed by atoms with E-state index in [0.717, 1.165) is 5.56 Å². The van der Waals surface area contributed by atoms with E-state index in [4.69, 9.17) is 4.74 Å². The normalized spacial score (nSPS) is 11.7. The molecule has 0 radical (unpaired) electrons. The molecule has 0 spiro atoms. The standard InChI is InChI=1S/C21H22N2O5S2/c1-3-28-18-10-14-20(15-11-18)29(24,25)22-17-8-12-19(13-9-17)30(26,27)23-21-7-5-4-6-16(21)2/h4-15,22-23H,3H2,1-2H3. The summed E-state index contributed by atoms with van der Waals surface area (Å²) in [6.45, 7) is 4.13. The Morgan fingerprint density at radius 3 is 1.83 bits per heavy atom. The van der Waals surface area contributed by atoms with Gasteiger partial charge in [0.05, 0.1) is 22.1 Å². The molecule has 0 aliphatic carbocycles. The fourth-order valence-corrected chi connectivity index (χ4v) is 4.88. The van der Waals surface area contributed by atoms with Crippen molar-refractivity contribution in [3.8, 4) is 5.75 Å². The lowest BCUT2D eigenvalue weighted by atomic mass is 10.2. The maximum atomic E-state index is 12.6. The monoisotopic (exact) mass is 446 g/mol. The van der Waals surface area contributed by atoms with Crippen LogP contribution in [0.5, 0.6) is 5.75 Å². The highest BCUT2D eigenvalue weighted by atomic mass is 32.2. The number of aryl methyl sites for hydroxylation is 1. The first kappa shape index (κ1) is 21.7. The van der Waals surface area contributed by atoms with Crippen LogP contribution in [0, 0.1) is 6.92 Å². The lowest BCUT2D eigenvalue weighted by Crippen LogP contribution is -2.15. The molecule has 0 aliphatic rings. The molecule has 2 N–H and O–H groups in total. The summed E-state index contributed by atoms with van der Waals surface area (Å²) in [5.41, 5.74) is 1.53. The Morgan fingerprint density at radius 1 is 0.733 bits per heavy atom. The maximum absolute atomic E-state index is 12.6. The second-order valence-electron chi connectivity index (χ2n) is 6.45. The molecule has 7 nitrogen and oxygen atoms in total. The number of hydrogen-bond acceptors (Lipinski definition) is 5. The number of hydrogen-bond donors (Lipinski definition) is 2. The third kappa shape index (κ3) is 5.11. The first-order chi connectivity index (χ1) is 14.2. The maximum Gasteiger partial charge on any atom is 0.261 e.